The van der Waals surface area contributed by atoms with E-state index in [1.54, 1.807) is 31.2 Å². The minimum absolute atomic E-state index is 0.0200. The van der Waals surface area contributed by atoms with Crippen LogP contribution in [0, 0.1) is 18.3 Å². The summed E-state index contributed by atoms with van der Waals surface area (Å²) >= 11 is 0. The average molecular weight is 351 g/mol. The first-order chi connectivity index (χ1) is 12.5. The van der Waals surface area contributed by atoms with Gasteiger partial charge in [0.2, 0.25) is 0 Å². The van der Waals surface area contributed by atoms with Gasteiger partial charge in [0.25, 0.3) is 5.91 Å². The summed E-state index contributed by atoms with van der Waals surface area (Å²) in [6.45, 7) is 4.71. The second kappa shape index (κ2) is 7.44. The van der Waals surface area contributed by atoms with Crippen LogP contribution in [0.15, 0.2) is 34.9 Å². The van der Waals surface area contributed by atoms with E-state index in [9.17, 15) is 14.9 Å². The maximum absolute atomic E-state index is 12.3. The number of carbonyl (C=O) groups excluding carboxylic acids is 2. The van der Waals surface area contributed by atoms with Gasteiger partial charge in [0.1, 0.15) is 11.8 Å². The van der Waals surface area contributed by atoms with Gasteiger partial charge in [-0.3, -0.25) is 9.59 Å². The molecule has 1 aliphatic heterocycles. The number of benzene rings is 1. The topological polar surface area (TPSA) is 86.3 Å². The molecule has 134 valence electrons. The molecule has 1 aromatic heterocycles. The minimum atomic E-state index is -0.119. The van der Waals surface area contributed by atoms with E-state index < -0.39 is 0 Å². The Balaban J connectivity index is 1.66. The molecule has 0 spiro atoms. The smallest absolute Gasteiger partial charge is 0.255 e. The van der Waals surface area contributed by atoms with Crippen LogP contribution < -0.4 is 10.2 Å². The highest BCUT2D eigenvalue weighted by molar-refractivity contribution is 5.96. The number of nitrogens with zero attached hydrogens (tertiary/aromatic N) is 2. The molecule has 1 amide bonds. The number of hydrogen-bond acceptors (Lipinski definition) is 5. The summed E-state index contributed by atoms with van der Waals surface area (Å²) in [6.07, 6.45) is 3.06. The highest BCUT2D eigenvalue weighted by Gasteiger charge is 2.24. The Morgan fingerprint density at radius 3 is 2.58 bits per heavy atom. The van der Waals surface area contributed by atoms with E-state index in [-0.39, 0.29) is 17.7 Å². The Hall–Kier alpha value is -3.07. The highest BCUT2D eigenvalue weighted by atomic mass is 16.3. The maximum Gasteiger partial charge on any atom is 0.255 e. The van der Waals surface area contributed by atoms with Gasteiger partial charge in [-0.2, -0.15) is 5.26 Å². The molecule has 0 aliphatic carbocycles. The van der Waals surface area contributed by atoms with Crippen LogP contribution in [0.25, 0.3) is 0 Å². The predicted octanol–water partition coefficient (Wildman–Crippen LogP) is 3.06. The number of anilines is 1. The molecule has 0 radical (unpaired) electrons. The zero-order chi connectivity index (χ0) is 18.7. The van der Waals surface area contributed by atoms with Crippen molar-refractivity contribution >= 4 is 17.4 Å². The van der Waals surface area contributed by atoms with Crippen molar-refractivity contribution in [2.45, 2.75) is 32.7 Å². The molecule has 26 heavy (non-hydrogen) atoms. The first-order valence-corrected chi connectivity index (χ1v) is 8.64. The molecule has 0 unspecified atom stereocenters. The van der Waals surface area contributed by atoms with Gasteiger partial charge in [0, 0.05) is 24.7 Å². The first kappa shape index (κ1) is 17.7. The van der Waals surface area contributed by atoms with Gasteiger partial charge < -0.3 is 14.6 Å². The fourth-order valence-corrected chi connectivity index (χ4v) is 3.26. The fraction of sp³-hybridized carbons (Fsp3) is 0.350. The van der Waals surface area contributed by atoms with Crippen molar-refractivity contribution in [2.24, 2.45) is 0 Å². The van der Waals surface area contributed by atoms with Gasteiger partial charge in [0.05, 0.1) is 23.1 Å². The lowest BCUT2D eigenvalue weighted by molar-refractivity contribution is 0.0928. The van der Waals surface area contributed by atoms with E-state index in [0.29, 0.717) is 35.5 Å². The quantitative estimate of drug-likeness (QED) is 0.856. The number of piperidine rings is 1. The van der Waals surface area contributed by atoms with Crippen molar-refractivity contribution in [2.75, 3.05) is 18.0 Å². The Morgan fingerprint density at radius 2 is 2.00 bits per heavy atom. The van der Waals surface area contributed by atoms with Crippen LogP contribution in [-0.2, 0) is 0 Å². The van der Waals surface area contributed by atoms with Crippen molar-refractivity contribution in [3.63, 3.8) is 0 Å². The van der Waals surface area contributed by atoms with Gasteiger partial charge >= 0.3 is 0 Å². The Labute approximate surface area is 152 Å². The number of Topliss-reactive ketones (excluding diaryl/α,β-unsaturated/α-hetero) is 1. The van der Waals surface area contributed by atoms with Gasteiger partial charge in [0.15, 0.2) is 5.78 Å². The number of nitriles is 1. The molecule has 2 aromatic rings. The summed E-state index contributed by atoms with van der Waals surface area (Å²) in [5, 5.41) is 12.4. The summed E-state index contributed by atoms with van der Waals surface area (Å²) in [7, 11) is 0. The SMILES string of the molecule is CC(=O)c1ccc(C#N)c(N2CCC(NC(=O)c3ccoc3C)CC2)c1. The fourth-order valence-electron chi connectivity index (χ4n) is 3.26. The maximum atomic E-state index is 12.3. The third-order valence-electron chi connectivity index (χ3n) is 4.80. The van der Waals surface area contributed by atoms with Crippen molar-refractivity contribution in [3.8, 4) is 6.07 Å². The van der Waals surface area contributed by atoms with Crippen molar-refractivity contribution in [1.82, 2.24) is 5.32 Å². The summed E-state index contributed by atoms with van der Waals surface area (Å²) in [4.78, 5) is 26.0. The number of aryl methyl sites for hydroxylation is 1. The highest BCUT2D eigenvalue weighted by Crippen LogP contribution is 2.26. The lowest BCUT2D eigenvalue weighted by Gasteiger charge is -2.34. The van der Waals surface area contributed by atoms with E-state index in [2.05, 4.69) is 16.3 Å². The zero-order valence-electron chi connectivity index (χ0n) is 14.9. The second-order valence-electron chi connectivity index (χ2n) is 6.53. The molecular formula is C20H21N3O3. The van der Waals surface area contributed by atoms with Crippen LogP contribution in [0.1, 0.15) is 51.8 Å². The average Bonchev–Trinajstić information content (AvgIpc) is 3.08. The summed E-state index contributed by atoms with van der Waals surface area (Å²) in [5.41, 5.74) is 2.51. The molecule has 6 nitrogen and oxygen atoms in total. The predicted molar refractivity (Wildman–Crippen MR) is 97.3 cm³/mol. The molecule has 0 bridgehead atoms. The molecule has 1 saturated heterocycles. The molecule has 3 rings (SSSR count). The van der Waals surface area contributed by atoms with Gasteiger partial charge in [-0.15, -0.1) is 0 Å². The molecule has 0 atom stereocenters. The van der Waals surface area contributed by atoms with Gasteiger partial charge in [-0.25, -0.2) is 0 Å². The van der Waals surface area contributed by atoms with Crippen LogP contribution in [-0.4, -0.2) is 30.8 Å². The Kier molecular flexibility index (Phi) is 5.08. The monoisotopic (exact) mass is 351 g/mol. The van der Waals surface area contributed by atoms with E-state index in [0.717, 1.165) is 18.5 Å². The molecule has 0 saturated carbocycles. The standard InChI is InChI=1S/C20H21N3O3/c1-13(24)15-3-4-16(12-21)19(11-15)23-8-5-17(6-9-23)22-20(25)18-7-10-26-14(18)2/h3-4,7,10-11,17H,5-6,8-9H2,1-2H3,(H,22,25). The van der Waals surface area contributed by atoms with Crippen LogP contribution in [0.4, 0.5) is 5.69 Å². The van der Waals surface area contributed by atoms with Gasteiger partial charge in [-0.05, 0) is 51.0 Å². The van der Waals surface area contributed by atoms with Crippen LogP contribution in [0.5, 0.6) is 0 Å². The Morgan fingerprint density at radius 1 is 1.27 bits per heavy atom. The van der Waals surface area contributed by atoms with Crippen LogP contribution in [0.2, 0.25) is 0 Å². The van der Waals surface area contributed by atoms with E-state index in [1.807, 2.05) is 0 Å². The Bertz CT molecular complexity index is 871. The molecule has 1 aliphatic rings. The third-order valence-corrected chi connectivity index (χ3v) is 4.80. The molecule has 1 N–H and O–H groups in total. The van der Waals surface area contributed by atoms with E-state index in [1.165, 1.54) is 13.2 Å². The molecule has 6 heteroatoms. The molecule has 1 aromatic carbocycles. The van der Waals surface area contributed by atoms with E-state index >= 15 is 0 Å². The number of rotatable bonds is 4. The number of hydrogen-bond donors (Lipinski definition) is 1. The first-order valence-electron chi connectivity index (χ1n) is 8.64. The normalized spacial score (nSPS) is 14.7. The molecule has 1 fully saturated rings. The van der Waals surface area contributed by atoms with Crippen LogP contribution >= 0.6 is 0 Å². The summed E-state index contributed by atoms with van der Waals surface area (Å²) in [5.74, 6) is 0.471. The van der Waals surface area contributed by atoms with Crippen molar-refractivity contribution in [1.29, 1.82) is 5.26 Å². The van der Waals surface area contributed by atoms with E-state index in [4.69, 9.17) is 4.42 Å². The summed E-state index contributed by atoms with van der Waals surface area (Å²) in [6, 6.07) is 9.11. The lowest BCUT2D eigenvalue weighted by Crippen LogP contribution is -2.45. The van der Waals surface area contributed by atoms with Gasteiger partial charge in [-0.1, -0.05) is 0 Å². The van der Waals surface area contributed by atoms with Crippen molar-refractivity contribution in [3.05, 3.63) is 53.0 Å². The lowest BCUT2D eigenvalue weighted by atomic mass is 10.0. The number of carbonyl (C=O) groups is 2. The minimum Gasteiger partial charge on any atom is -0.469 e. The largest absolute Gasteiger partial charge is 0.469 e. The summed E-state index contributed by atoms with van der Waals surface area (Å²) < 4.78 is 5.18. The second-order valence-corrected chi connectivity index (χ2v) is 6.53. The molecule has 2 heterocycles. The number of ketones is 1. The number of nitrogens with one attached hydrogen (secondary N) is 1. The molecular weight excluding hydrogens is 330 g/mol. The zero-order valence-corrected chi connectivity index (χ0v) is 14.9. The number of furan rings is 1. The number of amides is 1. The van der Waals surface area contributed by atoms with Crippen molar-refractivity contribution < 1.29 is 14.0 Å². The van der Waals surface area contributed by atoms with Crippen LogP contribution in [0.3, 0.4) is 0 Å². The third kappa shape index (κ3) is 3.62.